The van der Waals surface area contributed by atoms with Gasteiger partial charge in [0.05, 0.1) is 26.2 Å². The average molecular weight is 186 g/mol. The molecule has 0 spiro atoms. The molecule has 0 saturated carbocycles. The Hall–Kier alpha value is -0.0800. The third-order valence-electron chi connectivity index (χ3n) is 3.14. The van der Waals surface area contributed by atoms with E-state index in [1.54, 1.807) is 0 Å². The summed E-state index contributed by atoms with van der Waals surface area (Å²) < 4.78 is 0. The van der Waals surface area contributed by atoms with Crippen molar-refractivity contribution in [1.82, 2.24) is 0 Å². The number of unbranched alkanes of at least 4 members (excludes halogenated alkanes) is 2. The van der Waals surface area contributed by atoms with Gasteiger partial charge < -0.3 is 10.6 Å². The van der Waals surface area contributed by atoms with E-state index in [-0.39, 0.29) is 0 Å². The van der Waals surface area contributed by atoms with Crippen LogP contribution in [0.5, 0.6) is 0 Å². The highest BCUT2D eigenvalue weighted by molar-refractivity contribution is 4.55. The number of nitrogens with one attached hydrogen (secondary N) is 1. The highest BCUT2D eigenvalue weighted by Crippen LogP contribution is 2.04. The highest BCUT2D eigenvalue weighted by atomic mass is 15.1. The average Bonchev–Trinajstić information content (AvgIpc) is 2.13. The second-order valence-electron chi connectivity index (χ2n) is 4.62. The predicted molar refractivity (Wildman–Crippen MR) is 55.6 cm³/mol. The Morgan fingerprint density at radius 2 is 2.15 bits per heavy atom. The molecule has 1 aliphatic heterocycles. The van der Waals surface area contributed by atoms with Crippen molar-refractivity contribution in [2.24, 2.45) is 5.92 Å². The van der Waals surface area contributed by atoms with E-state index in [1.165, 1.54) is 51.7 Å². The summed E-state index contributed by atoms with van der Waals surface area (Å²) in [4.78, 5) is 1.85. The van der Waals surface area contributed by atoms with Crippen molar-refractivity contribution in [1.29, 1.82) is 0 Å². The first-order valence-electron chi connectivity index (χ1n) is 5.95. The molecule has 1 heterocycles. The van der Waals surface area contributed by atoms with Gasteiger partial charge in [-0.25, -0.2) is 0 Å². The van der Waals surface area contributed by atoms with Gasteiger partial charge in [0.2, 0.25) is 0 Å². The normalized spacial score (nSPS) is 29.1. The van der Waals surface area contributed by atoms with Gasteiger partial charge in [-0.1, -0.05) is 6.92 Å². The predicted octanol–water partition coefficient (Wildman–Crippen LogP) is -0.287. The Morgan fingerprint density at radius 3 is 2.85 bits per heavy atom. The van der Waals surface area contributed by atoms with Crippen LogP contribution in [0.4, 0.5) is 0 Å². The van der Waals surface area contributed by atoms with Crippen molar-refractivity contribution in [3.05, 3.63) is 0 Å². The minimum absolute atomic E-state index is 0.969. The largest absolute Gasteiger partial charge is 0.358 e. The highest BCUT2D eigenvalue weighted by Gasteiger charge is 2.18. The van der Waals surface area contributed by atoms with E-state index in [4.69, 9.17) is 0 Å². The van der Waals surface area contributed by atoms with Crippen molar-refractivity contribution >= 4 is 0 Å². The van der Waals surface area contributed by atoms with Crippen LogP contribution in [0, 0.1) is 5.92 Å². The van der Waals surface area contributed by atoms with Crippen LogP contribution in [0.15, 0.2) is 0 Å². The maximum Gasteiger partial charge on any atom is 0.0796 e. The first kappa shape index (κ1) is 11.0. The number of hydrogen-bond donors (Lipinski definition) is 2. The molecular weight excluding hydrogens is 160 g/mol. The van der Waals surface area contributed by atoms with Crippen LogP contribution in [0.2, 0.25) is 0 Å². The van der Waals surface area contributed by atoms with Crippen LogP contribution in [0.3, 0.4) is 0 Å². The minimum Gasteiger partial charge on any atom is -0.358 e. The number of piperidine rings is 1. The second kappa shape index (κ2) is 6.39. The van der Waals surface area contributed by atoms with Crippen LogP contribution in [-0.2, 0) is 0 Å². The fraction of sp³-hybridized carbons (Fsp3) is 1.00. The molecule has 1 fully saturated rings. The molecule has 2 nitrogen and oxygen atoms in total. The van der Waals surface area contributed by atoms with Crippen molar-refractivity contribution in [3.63, 3.8) is 0 Å². The van der Waals surface area contributed by atoms with Gasteiger partial charge in [0.1, 0.15) is 0 Å². The van der Waals surface area contributed by atoms with E-state index in [9.17, 15) is 0 Å². The molecule has 0 aliphatic carbocycles. The summed E-state index contributed by atoms with van der Waals surface area (Å²) in [6.07, 6.45) is 7.04. The van der Waals surface area contributed by atoms with Gasteiger partial charge >= 0.3 is 0 Å². The molecule has 13 heavy (non-hydrogen) atoms. The van der Waals surface area contributed by atoms with Gasteiger partial charge in [-0.05, 0) is 32.1 Å². The van der Waals surface area contributed by atoms with Crippen molar-refractivity contribution in [2.75, 3.05) is 26.2 Å². The molecule has 0 aromatic carbocycles. The Kier molecular flexibility index (Phi) is 5.40. The lowest BCUT2D eigenvalue weighted by Gasteiger charge is -2.27. The zero-order valence-electron chi connectivity index (χ0n) is 9.15. The van der Waals surface area contributed by atoms with E-state index in [2.05, 4.69) is 12.7 Å². The molecule has 0 radical (unpaired) electrons. The molecule has 1 aliphatic rings. The van der Waals surface area contributed by atoms with Gasteiger partial charge in [0, 0.05) is 5.92 Å². The summed E-state index contributed by atoms with van der Waals surface area (Å²) in [6, 6.07) is 0. The Balaban J connectivity index is 2.00. The summed E-state index contributed by atoms with van der Waals surface area (Å²) in [7, 11) is 0. The summed E-state index contributed by atoms with van der Waals surface area (Å²) in [5.41, 5.74) is 3.88. The molecule has 1 saturated heterocycles. The number of quaternary nitrogens is 2. The molecule has 0 amide bonds. The van der Waals surface area contributed by atoms with E-state index in [0.717, 1.165) is 12.5 Å². The lowest BCUT2D eigenvalue weighted by atomic mass is 10.00. The molecule has 0 aromatic heterocycles. The lowest BCUT2D eigenvalue weighted by molar-refractivity contribution is -0.908. The molecule has 78 valence electrons. The molecular formula is C11H26N2+2. The zero-order valence-corrected chi connectivity index (χ0v) is 9.15. The molecule has 0 aromatic rings. The van der Waals surface area contributed by atoms with Gasteiger partial charge in [-0.2, -0.15) is 0 Å². The maximum atomic E-state index is 3.88. The minimum atomic E-state index is 0.969. The van der Waals surface area contributed by atoms with Gasteiger partial charge in [-0.15, -0.1) is 0 Å². The second-order valence-corrected chi connectivity index (χ2v) is 4.62. The monoisotopic (exact) mass is 186 g/mol. The van der Waals surface area contributed by atoms with Gasteiger partial charge in [-0.3, -0.25) is 0 Å². The van der Waals surface area contributed by atoms with E-state index in [0.29, 0.717) is 0 Å². The quantitative estimate of drug-likeness (QED) is 0.553. The van der Waals surface area contributed by atoms with Crippen LogP contribution in [-0.4, -0.2) is 26.2 Å². The Morgan fingerprint density at radius 1 is 1.31 bits per heavy atom. The molecule has 4 N–H and O–H groups in total. The van der Waals surface area contributed by atoms with Crippen molar-refractivity contribution < 1.29 is 10.6 Å². The first-order valence-corrected chi connectivity index (χ1v) is 5.95. The summed E-state index contributed by atoms with van der Waals surface area (Å²) in [5, 5.41) is 0. The summed E-state index contributed by atoms with van der Waals surface area (Å²) >= 11 is 0. The topological polar surface area (TPSA) is 32.1 Å². The van der Waals surface area contributed by atoms with E-state index in [1.807, 2.05) is 4.90 Å². The number of likely N-dealkylation sites (tertiary alicyclic amines) is 1. The lowest BCUT2D eigenvalue weighted by Crippen LogP contribution is -3.13. The van der Waals surface area contributed by atoms with E-state index >= 15 is 0 Å². The fourth-order valence-corrected chi connectivity index (χ4v) is 2.35. The number of hydrogen-bond acceptors (Lipinski definition) is 0. The zero-order chi connectivity index (χ0) is 9.52. The summed E-state index contributed by atoms with van der Waals surface area (Å²) in [5.74, 6) is 0.969. The first-order chi connectivity index (χ1) is 6.33. The standard InChI is InChI=1S/C11H24N2/c1-11-6-5-9-13(10-11)8-4-2-3-7-12/h11H,2-10,12H2,1H3/p+2/t11-/m1/s1. The molecule has 2 heteroatoms. The van der Waals surface area contributed by atoms with Crippen LogP contribution in [0.25, 0.3) is 0 Å². The fourth-order valence-electron chi connectivity index (χ4n) is 2.35. The smallest absolute Gasteiger partial charge is 0.0796 e. The van der Waals surface area contributed by atoms with Crippen LogP contribution in [0.1, 0.15) is 39.0 Å². The molecule has 1 rings (SSSR count). The summed E-state index contributed by atoms with van der Waals surface area (Å²) in [6.45, 7) is 7.77. The third kappa shape index (κ3) is 4.63. The van der Waals surface area contributed by atoms with Crippen molar-refractivity contribution in [2.45, 2.75) is 39.0 Å². The number of rotatable bonds is 5. The molecule has 2 atom stereocenters. The third-order valence-corrected chi connectivity index (χ3v) is 3.14. The molecule has 0 bridgehead atoms. The van der Waals surface area contributed by atoms with Crippen LogP contribution < -0.4 is 10.6 Å². The van der Waals surface area contributed by atoms with Gasteiger partial charge in [0.15, 0.2) is 0 Å². The molecule has 1 unspecified atom stereocenters. The maximum absolute atomic E-state index is 3.88. The Labute approximate surface area is 82.5 Å². The Bertz CT molecular complexity index is 125. The van der Waals surface area contributed by atoms with E-state index < -0.39 is 0 Å². The SMILES string of the molecule is C[C@@H]1CCC[NH+](CCCCC[NH3+])C1. The van der Waals surface area contributed by atoms with Gasteiger partial charge in [0.25, 0.3) is 0 Å². The van der Waals surface area contributed by atoms with Crippen LogP contribution >= 0.6 is 0 Å². The van der Waals surface area contributed by atoms with Crippen molar-refractivity contribution in [3.8, 4) is 0 Å².